The quantitative estimate of drug-likeness (QED) is 0.679. The summed E-state index contributed by atoms with van der Waals surface area (Å²) in [5.41, 5.74) is 5.44. The minimum absolute atomic E-state index is 0.0470. The van der Waals surface area contributed by atoms with E-state index in [9.17, 15) is 14.4 Å². The predicted octanol–water partition coefficient (Wildman–Crippen LogP) is 0.649. The van der Waals surface area contributed by atoms with Crippen LogP contribution >= 0.6 is 0 Å². The first kappa shape index (κ1) is 22.2. The van der Waals surface area contributed by atoms with E-state index >= 15 is 0 Å². The van der Waals surface area contributed by atoms with Gasteiger partial charge in [0.25, 0.3) is 0 Å². The van der Waals surface area contributed by atoms with Gasteiger partial charge in [0.15, 0.2) is 0 Å². The lowest BCUT2D eigenvalue weighted by molar-refractivity contribution is -0.146. The van der Waals surface area contributed by atoms with Crippen molar-refractivity contribution < 1.29 is 19.1 Å². The first-order chi connectivity index (χ1) is 14.1. The Morgan fingerprint density at radius 2 is 1.97 bits per heavy atom. The summed E-state index contributed by atoms with van der Waals surface area (Å²) in [4.78, 5) is 41.5. The van der Waals surface area contributed by atoms with E-state index in [2.05, 4.69) is 5.32 Å². The zero-order valence-corrected chi connectivity index (χ0v) is 18.0. The van der Waals surface area contributed by atoms with E-state index in [0.29, 0.717) is 32.7 Å². The molecule has 0 aliphatic carbocycles. The van der Waals surface area contributed by atoms with Crippen molar-refractivity contribution in [1.82, 2.24) is 15.1 Å². The number of carbonyl (C=O) groups is 3. The van der Waals surface area contributed by atoms with Gasteiger partial charge in [-0.1, -0.05) is 30.3 Å². The summed E-state index contributed by atoms with van der Waals surface area (Å²) < 4.78 is 5.77. The van der Waals surface area contributed by atoms with Gasteiger partial charge in [0, 0.05) is 26.1 Å². The molecule has 2 aliphatic rings. The van der Waals surface area contributed by atoms with Gasteiger partial charge >= 0.3 is 0 Å². The van der Waals surface area contributed by atoms with Crippen LogP contribution in [0.3, 0.4) is 0 Å². The predicted molar refractivity (Wildman–Crippen MR) is 112 cm³/mol. The Labute approximate surface area is 177 Å². The van der Waals surface area contributed by atoms with Gasteiger partial charge in [-0.15, -0.1) is 0 Å². The number of nitrogens with zero attached hydrogens (tertiary/aromatic N) is 2. The summed E-state index contributed by atoms with van der Waals surface area (Å²) in [5, 5.41) is 2.76. The molecule has 0 aromatic heterocycles. The van der Waals surface area contributed by atoms with E-state index in [0.717, 1.165) is 12.0 Å². The van der Waals surface area contributed by atoms with Gasteiger partial charge in [-0.05, 0) is 32.8 Å². The van der Waals surface area contributed by atoms with Gasteiger partial charge in [0.2, 0.25) is 17.7 Å². The van der Waals surface area contributed by atoms with E-state index in [-0.39, 0.29) is 24.0 Å². The summed E-state index contributed by atoms with van der Waals surface area (Å²) in [5.74, 6) is -0.475. The Kier molecular flexibility index (Phi) is 6.47. The number of amides is 3. The van der Waals surface area contributed by atoms with E-state index in [1.165, 1.54) is 0 Å². The molecule has 0 radical (unpaired) electrons. The molecule has 0 bridgehead atoms. The number of piperazine rings is 1. The first-order valence-electron chi connectivity index (χ1n) is 10.4. The summed E-state index contributed by atoms with van der Waals surface area (Å²) in [6, 6.07) is 8.81. The van der Waals surface area contributed by atoms with Crippen LogP contribution in [0.4, 0.5) is 0 Å². The second kappa shape index (κ2) is 8.73. The number of benzene rings is 1. The number of ether oxygens (including phenoxy) is 1. The van der Waals surface area contributed by atoms with Gasteiger partial charge in [0.05, 0.1) is 24.3 Å². The highest BCUT2D eigenvalue weighted by Crippen LogP contribution is 2.33. The lowest BCUT2D eigenvalue weighted by Gasteiger charge is -2.45. The monoisotopic (exact) mass is 416 g/mol. The third-order valence-electron chi connectivity index (χ3n) is 5.85. The largest absolute Gasteiger partial charge is 0.374 e. The molecule has 3 rings (SSSR count). The van der Waals surface area contributed by atoms with Gasteiger partial charge in [-0.2, -0.15) is 0 Å². The average molecular weight is 417 g/mol. The van der Waals surface area contributed by atoms with E-state index in [1.54, 1.807) is 18.7 Å². The molecule has 3 N–H and O–H groups in total. The lowest BCUT2D eigenvalue weighted by atomic mass is 9.95. The summed E-state index contributed by atoms with van der Waals surface area (Å²) >= 11 is 0. The molecule has 0 saturated carbocycles. The highest BCUT2D eigenvalue weighted by atomic mass is 16.5. The molecule has 30 heavy (non-hydrogen) atoms. The Bertz CT molecular complexity index is 792. The zero-order valence-electron chi connectivity index (χ0n) is 18.0. The molecule has 2 fully saturated rings. The molecule has 8 nitrogen and oxygen atoms in total. The van der Waals surface area contributed by atoms with Crippen LogP contribution in [-0.4, -0.2) is 70.9 Å². The average Bonchev–Trinajstić information content (AvgIpc) is 3.00. The molecular formula is C22H32N4O4. The molecule has 2 atom stereocenters. The second-order valence-electron chi connectivity index (χ2n) is 9.05. The van der Waals surface area contributed by atoms with Crippen molar-refractivity contribution in [3.63, 3.8) is 0 Å². The van der Waals surface area contributed by atoms with E-state index < -0.39 is 17.5 Å². The molecule has 164 valence electrons. The third-order valence-corrected chi connectivity index (χ3v) is 5.85. The van der Waals surface area contributed by atoms with Crippen molar-refractivity contribution in [2.75, 3.05) is 26.2 Å². The standard InChI is InChI=1S/C22H32N4O4/c1-21(2,23)20(29)24-17(14-30-13-16-7-5-4-6-8-16)19(28)25-11-12-26-18(27)9-10-22(26,3)15-25/h4-8,17H,9-15,23H2,1-3H3,(H,24,29)/t17-,22+/m1/s1. The molecule has 2 aliphatic heterocycles. The first-order valence-corrected chi connectivity index (χ1v) is 10.4. The van der Waals surface area contributed by atoms with Crippen molar-refractivity contribution >= 4 is 17.7 Å². The van der Waals surface area contributed by atoms with Crippen molar-refractivity contribution in [2.24, 2.45) is 5.73 Å². The number of rotatable bonds is 7. The number of hydrogen-bond acceptors (Lipinski definition) is 5. The fraction of sp³-hybridized carbons (Fsp3) is 0.591. The molecule has 0 spiro atoms. The minimum Gasteiger partial charge on any atom is -0.374 e. The maximum absolute atomic E-state index is 13.3. The van der Waals surface area contributed by atoms with Crippen molar-refractivity contribution in [3.05, 3.63) is 35.9 Å². The van der Waals surface area contributed by atoms with E-state index in [1.807, 2.05) is 42.2 Å². The molecule has 2 heterocycles. The Balaban J connectivity index is 1.67. The molecule has 0 unspecified atom stereocenters. The Hall–Kier alpha value is -2.45. The number of fused-ring (bicyclic) bond motifs is 1. The van der Waals surface area contributed by atoms with Crippen LogP contribution in [0.5, 0.6) is 0 Å². The minimum atomic E-state index is -1.11. The third kappa shape index (κ3) is 4.99. The van der Waals surface area contributed by atoms with Gasteiger partial charge in [-0.3, -0.25) is 14.4 Å². The Morgan fingerprint density at radius 1 is 1.27 bits per heavy atom. The van der Waals surface area contributed by atoms with Crippen molar-refractivity contribution in [1.29, 1.82) is 0 Å². The van der Waals surface area contributed by atoms with Crippen molar-refractivity contribution in [3.8, 4) is 0 Å². The van der Waals surface area contributed by atoms with Crippen LogP contribution in [0.25, 0.3) is 0 Å². The fourth-order valence-corrected chi connectivity index (χ4v) is 4.01. The fourth-order valence-electron chi connectivity index (χ4n) is 4.01. The maximum Gasteiger partial charge on any atom is 0.247 e. The summed E-state index contributed by atoms with van der Waals surface area (Å²) in [7, 11) is 0. The highest BCUT2D eigenvalue weighted by Gasteiger charge is 2.47. The smallest absolute Gasteiger partial charge is 0.247 e. The molecule has 3 amide bonds. The van der Waals surface area contributed by atoms with Crippen LogP contribution < -0.4 is 11.1 Å². The SMILES string of the molecule is CC(C)(N)C(=O)N[C@H](COCc1ccccc1)C(=O)N1CCN2C(=O)CC[C@@]2(C)C1. The van der Waals surface area contributed by atoms with Gasteiger partial charge in [0.1, 0.15) is 6.04 Å². The topological polar surface area (TPSA) is 105 Å². The molecule has 8 heteroatoms. The lowest BCUT2D eigenvalue weighted by Crippen LogP contribution is -2.64. The van der Waals surface area contributed by atoms with Crippen LogP contribution in [0.2, 0.25) is 0 Å². The molecule has 1 aromatic carbocycles. The highest BCUT2D eigenvalue weighted by molar-refractivity contribution is 5.92. The summed E-state index contributed by atoms with van der Waals surface area (Å²) in [6.45, 7) is 7.00. The van der Waals surface area contributed by atoms with E-state index in [4.69, 9.17) is 10.5 Å². The van der Waals surface area contributed by atoms with Crippen LogP contribution in [0.15, 0.2) is 30.3 Å². The normalized spacial score (nSPS) is 22.6. The molecule has 1 aromatic rings. The molecule has 2 saturated heterocycles. The summed E-state index contributed by atoms with van der Waals surface area (Å²) in [6.07, 6.45) is 1.24. The number of nitrogens with one attached hydrogen (secondary N) is 1. The number of hydrogen-bond donors (Lipinski definition) is 2. The maximum atomic E-state index is 13.3. The second-order valence-corrected chi connectivity index (χ2v) is 9.05. The van der Waals surface area contributed by atoms with Crippen LogP contribution in [0, 0.1) is 0 Å². The Morgan fingerprint density at radius 3 is 2.63 bits per heavy atom. The number of carbonyl (C=O) groups excluding carboxylic acids is 3. The van der Waals surface area contributed by atoms with Gasteiger partial charge in [-0.25, -0.2) is 0 Å². The van der Waals surface area contributed by atoms with Gasteiger partial charge < -0.3 is 25.6 Å². The number of nitrogens with two attached hydrogens (primary N) is 1. The van der Waals surface area contributed by atoms with Crippen molar-refractivity contribution in [2.45, 2.75) is 57.3 Å². The zero-order chi connectivity index (χ0) is 21.9. The molecular weight excluding hydrogens is 384 g/mol. The van der Waals surface area contributed by atoms with Crippen LogP contribution in [-0.2, 0) is 25.7 Å². The van der Waals surface area contributed by atoms with Crippen LogP contribution in [0.1, 0.15) is 39.2 Å².